The smallest absolute Gasteiger partial charge is 0.303 e. The number of unbranched alkanes of at least 4 members (excludes halogenated alkanes) is 1. The Bertz CT molecular complexity index is 208. The van der Waals surface area contributed by atoms with Crippen LogP contribution in [-0.4, -0.2) is 24.2 Å². The maximum Gasteiger partial charge on any atom is 0.303 e. The van der Waals surface area contributed by atoms with Crippen LogP contribution in [0.3, 0.4) is 0 Å². The molecule has 0 spiro atoms. The van der Waals surface area contributed by atoms with E-state index in [0.717, 1.165) is 38.8 Å². The molecule has 3 heteroatoms. The molecule has 3 nitrogen and oxygen atoms in total. The number of aliphatic carboxylic acids is 1. The second-order valence-corrected chi connectivity index (χ2v) is 3.88. The summed E-state index contributed by atoms with van der Waals surface area (Å²) in [5.41, 5.74) is 0. The first-order valence-corrected chi connectivity index (χ1v) is 5.52. The molecular formula is C12H21NO2. The summed E-state index contributed by atoms with van der Waals surface area (Å²) in [5, 5.41) is 11.8. The van der Waals surface area contributed by atoms with Crippen molar-refractivity contribution in [1.29, 1.82) is 0 Å². The summed E-state index contributed by atoms with van der Waals surface area (Å²) in [6.07, 6.45) is 9.03. The molecular weight excluding hydrogens is 190 g/mol. The molecule has 0 saturated heterocycles. The Hall–Kier alpha value is -1.01. The molecule has 0 bridgehead atoms. The SMILES string of the molecule is C#CCCCNCCC(C)CCC(=O)O. The molecule has 0 rings (SSSR count). The van der Waals surface area contributed by atoms with Crippen LogP contribution in [0, 0.1) is 18.3 Å². The zero-order valence-electron chi connectivity index (χ0n) is 9.46. The molecule has 0 amide bonds. The van der Waals surface area contributed by atoms with Crippen molar-refractivity contribution >= 4 is 5.97 Å². The van der Waals surface area contributed by atoms with Crippen LogP contribution in [0.4, 0.5) is 0 Å². The van der Waals surface area contributed by atoms with Crippen molar-refractivity contribution in [2.75, 3.05) is 13.1 Å². The molecule has 0 aromatic heterocycles. The van der Waals surface area contributed by atoms with Crippen LogP contribution in [0.2, 0.25) is 0 Å². The highest BCUT2D eigenvalue weighted by Gasteiger charge is 2.04. The van der Waals surface area contributed by atoms with Gasteiger partial charge in [-0.1, -0.05) is 6.92 Å². The third kappa shape index (κ3) is 10.9. The van der Waals surface area contributed by atoms with Gasteiger partial charge in [-0.25, -0.2) is 0 Å². The van der Waals surface area contributed by atoms with Crippen LogP contribution in [0.5, 0.6) is 0 Å². The fraction of sp³-hybridized carbons (Fsp3) is 0.750. The molecule has 0 saturated carbocycles. The first kappa shape index (κ1) is 14.0. The van der Waals surface area contributed by atoms with Crippen molar-refractivity contribution in [1.82, 2.24) is 5.32 Å². The molecule has 2 N–H and O–H groups in total. The summed E-state index contributed by atoms with van der Waals surface area (Å²) >= 11 is 0. The Morgan fingerprint density at radius 3 is 2.80 bits per heavy atom. The maximum atomic E-state index is 10.3. The molecule has 1 atom stereocenters. The van der Waals surface area contributed by atoms with E-state index in [9.17, 15) is 4.79 Å². The quantitative estimate of drug-likeness (QED) is 0.452. The van der Waals surface area contributed by atoms with E-state index >= 15 is 0 Å². The van der Waals surface area contributed by atoms with Gasteiger partial charge in [0.2, 0.25) is 0 Å². The van der Waals surface area contributed by atoms with Gasteiger partial charge in [0.1, 0.15) is 0 Å². The Labute approximate surface area is 92.3 Å². The van der Waals surface area contributed by atoms with Gasteiger partial charge in [0.15, 0.2) is 0 Å². The number of rotatable bonds is 9. The molecule has 0 aliphatic heterocycles. The Morgan fingerprint density at radius 1 is 1.47 bits per heavy atom. The monoisotopic (exact) mass is 211 g/mol. The van der Waals surface area contributed by atoms with E-state index in [1.54, 1.807) is 0 Å². The van der Waals surface area contributed by atoms with Gasteiger partial charge in [0.05, 0.1) is 0 Å². The van der Waals surface area contributed by atoms with E-state index in [1.165, 1.54) is 0 Å². The van der Waals surface area contributed by atoms with Crippen LogP contribution < -0.4 is 5.32 Å². The Morgan fingerprint density at radius 2 is 2.20 bits per heavy atom. The molecule has 0 radical (unpaired) electrons. The highest BCUT2D eigenvalue weighted by molar-refractivity contribution is 5.66. The van der Waals surface area contributed by atoms with E-state index < -0.39 is 5.97 Å². The molecule has 15 heavy (non-hydrogen) atoms. The van der Waals surface area contributed by atoms with E-state index in [2.05, 4.69) is 18.2 Å². The minimum absolute atomic E-state index is 0.276. The Balaban J connectivity index is 3.20. The Kier molecular flexibility index (Phi) is 8.90. The van der Waals surface area contributed by atoms with Crippen molar-refractivity contribution in [3.63, 3.8) is 0 Å². The predicted molar refractivity (Wildman–Crippen MR) is 61.6 cm³/mol. The zero-order chi connectivity index (χ0) is 11.5. The second-order valence-electron chi connectivity index (χ2n) is 3.88. The third-order valence-electron chi connectivity index (χ3n) is 2.34. The molecule has 0 aliphatic carbocycles. The van der Waals surface area contributed by atoms with Crippen molar-refractivity contribution in [2.45, 2.75) is 39.0 Å². The molecule has 0 heterocycles. The number of carbonyl (C=O) groups is 1. The molecule has 1 unspecified atom stereocenters. The average Bonchev–Trinajstić information content (AvgIpc) is 2.20. The van der Waals surface area contributed by atoms with Gasteiger partial charge in [-0.15, -0.1) is 12.3 Å². The van der Waals surface area contributed by atoms with Gasteiger partial charge in [0.25, 0.3) is 0 Å². The van der Waals surface area contributed by atoms with Crippen LogP contribution >= 0.6 is 0 Å². The lowest BCUT2D eigenvalue weighted by molar-refractivity contribution is -0.137. The normalized spacial score (nSPS) is 12.0. The molecule has 0 aromatic rings. The molecule has 0 aliphatic rings. The third-order valence-corrected chi connectivity index (χ3v) is 2.34. The van der Waals surface area contributed by atoms with Crippen molar-refractivity contribution in [3.8, 4) is 12.3 Å². The summed E-state index contributed by atoms with van der Waals surface area (Å²) in [6.45, 7) is 3.99. The highest BCUT2D eigenvalue weighted by atomic mass is 16.4. The summed E-state index contributed by atoms with van der Waals surface area (Å²) < 4.78 is 0. The lowest BCUT2D eigenvalue weighted by Crippen LogP contribution is -2.18. The average molecular weight is 211 g/mol. The number of hydrogen-bond acceptors (Lipinski definition) is 2. The second kappa shape index (κ2) is 9.54. The lowest BCUT2D eigenvalue weighted by atomic mass is 10.0. The molecule has 0 aromatic carbocycles. The number of carboxylic acid groups (broad SMARTS) is 1. The fourth-order valence-electron chi connectivity index (χ4n) is 1.30. The highest BCUT2D eigenvalue weighted by Crippen LogP contribution is 2.08. The lowest BCUT2D eigenvalue weighted by Gasteiger charge is -2.10. The number of carboxylic acids is 1. The van der Waals surface area contributed by atoms with Gasteiger partial charge in [-0.05, 0) is 38.3 Å². The van der Waals surface area contributed by atoms with Crippen molar-refractivity contribution in [2.24, 2.45) is 5.92 Å². The standard InChI is InChI=1S/C12H21NO2/c1-3-4-5-9-13-10-8-11(2)6-7-12(14)15/h1,11,13H,4-10H2,2H3,(H,14,15). The van der Waals surface area contributed by atoms with Crippen LogP contribution in [0.15, 0.2) is 0 Å². The predicted octanol–water partition coefficient (Wildman–Crippen LogP) is 1.88. The van der Waals surface area contributed by atoms with Gasteiger partial charge in [0, 0.05) is 12.8 Å². The van der Waals surface area contributed by atoms with Crippen LogP contribution in [0.1, 0.15) is 39.0 Å². The minimum Gasteiger partial charge on any atom is -0.481 e. The van der Waals surface area contributed by atoms with E-state index in [-0.39, 0.29) is 6.42 Å². The molecule has 0 fully saturated rings. The number of nitrogens with one attached hydrogen (secondary N) is 1. The zero-order valence-corrected chi connectivity index (χ0v) is 9.46. The van der Waals surface area contributed by atoms with E-state index in [1.807, 2.05) is 0 Å². The molecule has 86 valence electrons. The van der Waals surface area contributed by atoms with Crippen LogP contribution in [-0.2, 0) is 4.79 Å². The summed E-state index contributed by atoms with van der Waals surface area (Å²) in [7, 11) is 0. The summed E-state index contributed by atoms with van der Waals surface area (Å²) in [4.78, 5) is 10.3. The minimum atomic E-state index is -0.705. The van der Waals surface area contributed by atoms with Gasteiger partial charge in [-0.2, -0.15) is 0 Å². The van der Waals surface area contributed by atoms with Gasteiger partial charge in [-0.3, -0.25) is 4.79 Å². The maximum absolute atomic E-state index is 10.3. The summed E-state index contributed by atoms with van der Waals surface area (Å²) in [6, 6.07) is 0. The first-order valence-electron chi connectivity index (χ1n) is 5.52. The van der Waals surface area contributed by atoms with Crippen molar-refractivity contribution in [3.05, 3.63) is 0 Å². The van der Waals surface area contributed by atoms with Gasteiger partial charge < -0.3 is 10.4 Å². The summed E-state index contributed by atoms with van der Waals surface area (Å²) in [5.74, 6) is 2.36. The van der Waals surface area contributed by atoms with Crippen molar-refractivity contribution < 1.29 is 9.90 Å². The van der Waals surface area contributed by atoms with E-state index in [0.29, 0.717) is 5.92 Å². The number of hydrogen-bond donors (Lipinski definition) is 2. The van der Waals surface area contributed by atoms with E-state index in [4.69, 9.17) is 11.5 Å². The van der Waals surface area contributed by atoms with Gasteiger partial charge >= 0.3 is 5.97 Å². The van der Waals surface area contributed by atoms with Crippen LogP contribution in [0.25, 0.3) is 0 Å². The largest absolute Gasteiger partial charge is 0.481 e. The topological polar surface area (TPSA) is 49.3 Å². The first-order chi connectivity index (χ1) is 7.16. The fourth-order valence-corrected chi connectivity index (χ4v) is 1.30. The number of terminal acetylenes is 1.